The van der Waals surface area contributed by atoms with E-state index >= 15 is 0 Å². The second-order valence-corrected chi connectivity index (χ2v) is 19.1. The molecule has 0 saturated carbocycles. The molecule has 0 fully saturated rings. The average molecular weight is 913 g/mol. The van der Waals surface area contributed by atoms with Crippen molar-refractivity contribution in [1.29, 1.82) is 0 Å². The second kappa shape index (κ2) is 33.9. The fourth-order valence-corrected chi connectivity index (χ4v) is 9.15. The highest BCUT2D eigenvalue weighted by Crippen LogP contribution is 2.50. The number of ether oxygens (including phenoxy) is 6. The van der Waals surface area contributed by atoms with Crippen LogP contribution in [0.3, 0.4) is 0 Å². The van der Waals surface area contributed by atoms with Crippen LogP contribution >= 0.6 is 0 Å². The molecule has 0 aliphatic heterocycles. The van der Waals surface area contributed by atoms with Crippen LogP contribution in [0, 0.1) is 0 Å². The summed E-state index contributed by atoms with van der Waals surface area (Å²) in [4.78, 5) is 0. The molecule has 0 heterocycles. The zero-order valence-corrected chi connectivity index (χ0v) is 43.6. The van der Waals surface area contributed by atoms with Gasteiger partial charge in [-0.1, -0.05) is 183 Å². The van der Waals surface area contributed by atoms with E-state index < -0.39 is 0 Å². The van der Waals surface area contributed by atoms with Gasteiger partial charge in [-0.15, -0.1) is 0 Å². The fraction of sp³-hybridized carbons (Fsp3) is 0.700. The highest BCUT2D eigenvalue weighted by molar-refractivity contribution is 6.27. The van der Waals surface area contributed by atoms with Crippen molar-refractivity contribution in [2.45, 2.75) is 235 Å². The van der Waals surface area contributed by atoms with Crippen LogP contribution in [0.4, 0.5) is 0 Å². The summed E-state index contributed by atoms with van der Waals surface area (Å²) < 4.78 is 41.0. The van der Waals surface area contributed by atoms with Gasteiger partial charge in [0.1, 0.15) is 0 Å². The molecule has 372 valence electrons. The Morgan fingerprint density at radius 3 is 0.848 bits per heavy atom. The summed E-state index contributed by atoms with van der Waals surface area (Å²) in [6.07, 6.45) is 33.3. The molecule has 4 aromatic carbocycles. The molecule has 0 aliphatic rings. The molecule has 0 saturated heterocycles. The van der Waals surface area contributed by atoms with E-state index in [-0.39, 0.29) is 0 Å². The third-order valence-electron chi connectivity index (χ3n) is 13.2. The van der Waals surface area contributed by atoms with Crippen molar-refractivity contribution < 1.29 is 28.4 Å². The molecule has 0 unspecified atom stereocenters. The van der Waals surface area contributed by atoms with E-state index in [0.717, 1.165) is 128 Å². The summed E-state index contributed by atoms with van der Waals surface area (Å²) in [5.41, 5.74) is 1.26. The van der Waals surface area contributed by atoms with Crippen LogP contribution in [0.5, 0.6) is 34.5 Å². The lowest BCUT2D eigenvalue weighted by atomic mass is 9.88. The molecule has 0 N–H and O–H groups in total. The van der Waals surface area contributed by atoms with E-state index in [1.54, 1.807) is 0 Å². The van der Waals surface area contributed by atoms with Gasteiger partial charge in [-0.2, -0.15) is 0 Å². The number of fused-ring (bicyclic) bond motifs is 6. The Bertz CT molecular complexity index is 1840. The van der Waals surface area contributed by atoms with E-state index in [1.807, 2.05) is 0 Å². The Labute approximate surface area is 403 Å². The zero-order chi connectivity index (χ0) is 47.0. The number of benzene rings is 4. The van der Waals surface area contributed by atoms with Crippen molar-refractivity contribution in [3.63, 3.8) is 0 Å². The highest BCUT2D eigenvalue weighted by Gasteiger charge is 2.24. The van der Waals surface area contributed by atoms with Gasteiger partial charge in [-0.3, -0.25) is 0 Å². The lowest BCUT2D eigenvalue weighted by Crippen LogP contribution is -2.07. The third kappa shape index (κ3) is 18.2. The monoisotopic (exact) mass is 913 g/mol. The lowest BCUT2D eigenvalue weighted by Gasteiger charge is -2.23. The fourth-order valence-electron chi connectivity index (χ4n) is 9.15. The predicted octanol–water partition coefficient (Wildman–Crippen LogP) is 19.0. The number of unbranched alkanes of at least 4 members (excludes halogenated alkanes) is 21. The normalized spacial score (nSPS) is 11.6. The molecule has 0 bridgehead atoms. The minimum absolute atomic E-state index is 0.669. The maximum Gasteiger partial charge on any atom is 0.165 e. The molecule has 0 radical (unpaired) electrons. The summed E-state index contributed by atoms with van der Waals surface area (Å²) in [5, 5.41) is 7.05. The molecule has 0 atom stereocenters. The SMILES string of the molecule is CCCCCCOc1cc2c3cc(OCCCCCC)c(OCCCCCC)cc3c3c(CCCCCC)c(OCCCCCC)c(OCCCCCC)cc3c2cc1OCCCCCC. The minimum atomic E-state index is 0.669. The summed E-state index contributed by atoms with van der Waals surface area (Å²) in [6.45, 7) is 19.9. The van der Waals surface area contributed by atoms with Gasteiger partial charge in [0.2, 0.25) is 0 Å². The van der Waals surface area contributed by atoms with Crippen molar-refractivity contribution in [2.75, 3.05) is 39.6 Å². The smallest absolute Gasteiger partial charge is 0.165 e. The van der Waals surface area contributed by atoms with Crippen LogP contribution in [-0.2, 0) is 6.42 Å². The molecule has 0 spiro atoms. The first-order valence-corrected chi connectivity index (χ1v) is 27.9. The summed E-state index contributed by atoms with van der Waals surface area (Å²) in [7, 11) is 0. The van der Waals surface area contributed by atoms with Crippen molar-refractivity contribution in [3.8, 4) is 34.5 Å². The third-order valence-corrected chi connectivity index (χ3v) is 13.2. The Balaban J connectivity index is 2.10. The largest absolute Gasteiger partial charge is 0.490 e. The maximum absolute atomic E-state index is 7.04. The van der Waals surface area contributed by atoms with Gasteiger partial charge in [0.05, 0.1) is 39.6 Å². The molecule has 0 aromatic heterocycles. The Hall–Kier alpha value is -3.54. The first-order chi connectivity index (χ1) is 32.6. The Morgan fingerprint density at radius 2 is 0.515 bits per heavy atom. The van der Waals surface area contributed by atoms with Crippen LogP contribution in [0.25, 0.3) is 32.3 Å². The van der Waals surface area contributed by atoms with Crippen LogP contribution in [-0.4, -0.2) is 39.6 Å². The van der Waals surface area contributed by atoms with Gasteiger partial charge >= 0.3 is 0 Å². The van der Waals surface area contributed by atoms with Crippen LogP contribution in [0.1, 0.15) is 234 Å². The van der Waals surface area contributed by atoms with Gasteiger partial charge < -0.3 is 28.4 Å². The van der Waals surface area contributed by atoms with Crippen molar-refractivity contribution in [2.24, 2.45) is 0 Å². The number of hydrogen-bond acceptors (Lipinski definition) is 6. The van der Waals surface area contributed by atoms with Crippen molar-refractivity contribution >= 4 is 32.3 Å². The van der Waals surface area contributed by atoms with Crippen LogP contribution < -0.4 is 28.4 Å². The zero-order valence-electron chi connectivity index (χ0n) is 43.6. The number of aryl methyl sites for hydroxylation is 1. The number of rotatable bonds is 41. The first-order valence-electron chi connectivity index (χ1n) is 27.9. The van der Waals surface area contributed by atoms with E-state index in [9.17, 15) is 0 Å². The van der Waals surface area contributed by atoms with E-state index in [0.29, 0.717) is 39.6 Å². The molecule has 0 amide bonds. The second-order valence-electron chi connectivity index (χ2n) is 19.1. The average Bonchev–Trinajstić information content (AvgIpc) is 3.33. The maximum atomic E-state index is 7.04. The molecular weight excluding hydrogens is 817 g/mol. The van der Waals surface area contributed by atoms with Crippen LogP contribution in [0.2, 0.25) is 0 Å². The van der Waals surface area contributed by atoms with E-state index in [2.05, 4.69) is 78.8 Å². The first kappa shape index (κ1) is 55.1. The van der Waals surface area contributed by atoms with Gasteiger partial charge in [0.15, 0.2) is 34.5 Å². The standard InChI is InChI=1S/C60H96O6/c1-8-15-22-29-36-48-59-52-46-57(64-40-33-26-19-12-5)56(63-39-32-25-18-11-4)44-50(52)49-43-54(61-37-30-23-16-9-2)55(62-38-31-24-17-10-3)45-51(49)53(59)47-58(65-41-34-27-20-13-6)60(48)66-42-35-28-21-14-7/h43-47H,8-42H2,1-7H3. The topological polar surface area (TPSA) is 55.4 Å². The van der Waals surface area contributed by atoms with E-state index in [1.165, 1.54) is 131 Å². The molecular formula is C60H96O6. The Kier molecular flexibility index (Phi) is 28.2. The molecule has 66 heavy (non-hydrogen) atoms. The highest BCUT2D eigenvalue weighted by atomic mass is 16.5. The van der Waals surface area contributed by atoms with Gasteiger partial charge in [0, 0.05) is 5.56 Å². The number of hydrogen-bond donors (Lipinski definition) is 0. The van der Waals surface area contributed by atoms with Crippen LogP contribution in [0.15, 0.2) is 30.3 Å². The molecule has 6 nitrogen and oxygen atoms in total. The lowest BCUT2D eigenvalue weighted by molar-refractivity contribution is 0.257. The van der Waals surface area contributed by atoms with Gasteiger partial charge in [-0.25, -0.2) is 0 Å². The van der Waals surface area contributed by atoms with Gasteiger partial charge in [0.25, 0.3) is 0 Å². The molecule has 4 aromatic rings. The molecule has 0 aliphatic carbocycles. The summed E-state index contributed by atoms with van der Waals surface area (Å²) in [5.74, 6) is 5.13. The summed E-state index contributed by atoms with van der Waals surface area (Å²) in [6, 6.07) is 11.5. The predicted molar refractivity (Wildman–Crippen MR) is 285 cm³/mol. The van der Waals surface area contributed by atoms with Crippen molar-refractivity contribution in [1.82, 2.24) is 0 Å². The minimum Gasteiger partial charge on any atom is -0.490 e. The Morgan fingerprint density at radius 1 is 0.258 bits per heavy atom. The van der Waals surface area contributed by atoms with E-state index in [4.69, 9.17) is 28.4 Å². The summed E-state index contributed by atoms with van der Waals surface area (Å²) >= 11 is 0. The van der Waals surface area contributed by atoms with Gasteiger partial charge in [-0.05, 0) is 114 Å². The van der Waals surface area contributed by atoms with Crippen molar-refractivity contribution in [3.05, 3.63) is 35.9 Å². The molecule has 4 rings (SSSR count). The quantitative estimate of drug-likeness (QED) is 0.0327. The molecule has 6 heteroatoms.